The van der Waals surface area contributed by atoms with Crippen LogP contribution in [0.15, 0.2) is 6.33 Å². The lowest BCUT2D eigenvalue weighted by Gasteiger charge is -2.40. The molecule has 1 fully saturated rings. The minimum Gasteiger partial charge on any atom is -0.376 e. The molecule has 1 saturated carbocycles. The average molecular weight is 225 g/mol. The minimum atomic E-state index is -0.381. The fourth-order valence-electron chi connectivity index (χ4n) is 1.85. The van der Waals surface area contributed by atoms with E-state index in [1.54, 1.807) is 14.0 Å². The molecule has 1 aliphatic carbocycles. The van der Waals surface area contributed by atoms with Gasteiger partial charge in [-0.25, -0.2) is 14.4 Å². The highest BCUT2D eigenvalue weighted by Crippen LogP contribution is 2.35. The topological polar surface area (TPSA) is 47.0 Å². The SMILES string of the molecule is COC1(CNc2ncnc(C)c2F)CCC1. The van der Waals surface area contributed by atoms with Gasteiger partial charge in [0.1, 0.15) is 6.33 Å². The lowest BCUT2D eigenvalue weighted by molar-refractivity contribution is -0.0602. The van der Waals surface area contributed by atoms with Crippen LogP contribution in [0.3, 0.4) is 0 Å². The van der Waals surface area contributed by atoms with Crippen LogP contribution in [-0.2, 0) is 4.74 Å². The predicted octanol–water partition coefficient (Wildman–Crippen LogP) is 1.91. The molecule has 0 spiro atoms. The molecule has 0 unspecified atom stereocenters. The molecule has 88 valence electrons. The molecule has 0 saturated heterocycles. The fraction of sp³-hybridized carbons (Fsp3) is 0.636. The maximum Gasteiger partial charge on any atom is 0.186 e. The second kappa shape index (κ2) is 4.33. The highest BCUT2D eigenvalue weighted by molar-refractivity contribution is 5.37. The van der Waals surface area contributed by atoms with Crippen LogP contribution in [0.25, 0.3) is 0 Å². The first-order valence-electron chi connectivity index (χ1n) is 5.43. The molecule has 0 aliphatic heterocycles. The van der Waals surface area contributed by atoms with E-state index in [1.165, 1.54) is 12.7 Å². The van der Waals surface area contributed by atoms with Crippen LogP contribution in [0.1, 0.15) is 25.0 Å². The minimum absolute atomic E-state index is 0.134. The highest BCUT2D eigenvalue weighted by Gasteiger charge is 2.36. The third-order valence-electron chi connectivity index (χ3n) is 3.24. The molecule has 1 aromatic rings. The van der Waals surface area contributed by atoms with Gasteiger partial charge in [0.25, 0.3) is 0 Å². The third kappa shape index (κ3) is 2.00. The number of aryl methyl sites for hydroxylation is 1. The van der Waals surface area contributed by atoms with Gasteiger partial charge in [-0.3, -0.25) is 0 Å². The summed E-state index contributed by atoms with van der Waals surface area (Å²) in [6.07, 6.45) is 4.56. The van der Waals surface area contributed by atoms with Crippen molar-refractivity contribution in [3.8, 4) is 0 Å². The fourth-order valence-corrected chi connectivity index (χ4v) is 1.85. The maximum absolute atomic E-state index is 13.6. The largest absolute Gasteiger partial charge is 0.376 e. The Bertz CT molecular complexity index is 374. The summed E-state index contributed by atoms with van der Waals surface area (Å²) in [5.41, 5.74) is 0.225. The molecular weight excluding hydrogens is 209 g/mol. The van der Waals surface area contributed by atoms with Crippen LogP contribution in [0.4, 0.5) is 10.2 Å². The smallest absolute Gasteiger partial charge is 0.186 e. The number of rotatable bonds is 4. The van der Waals surface area contributed by atoms with Crippen LogP contribution >= 0.6 is 0 Å². The van der Waals surface area contributed by atoms with Gasteiger partial charge < -0.3 is 10.1 Å². The van der Waals surface area contributed by atoms with E-state index in [4.69, 9.17) is 4.74 Å². The lowest BCUT2D eigenvalue weighted by atomic mass is 9.80. The van der Waals surface area contributed by atoms with E-state index in [0.717, 1.165) is 12.8 Å². The van der Waals surface area contributed by atoms with Crippen LogP contribution in [0, 0.1) is 12.7 Å². The number of halogens is 1. The van der Waals surface area contributed by atoms with Gasteiger partial charge >= 0.3 is 0 Å². The summed E-state index contributed by atoms with van der Waals surface area (Å²) in [7, 11) is 1.70. The van der Waals surface area contributed by atoms with E-state index in [-0.39, 0.29) is 17.2 Å². The summed E-state index contributed by atoms with van der Waals surface area (Å²) in [5.74, 6) is -0.121. The first kappa shape index (κ1) is 11.3. The average Bonchev–Trinajstić information content (AvgIpc) is 2.23. The molecule has 0 amide bonds. The van der Waals surface area contributed by atoms with Crippen LogP contribution in [0.5, 0.6) is 0 Å². The number of ether oxygens (including phenoxy) is 1. The molecule has 0 atom stereocenters. The number of hydrogen-bond donors (Lipinski definition) is 1. The zero-order valence-electron chi connectivity index (χ0n) is 9.59. The number of hydrogen-bond acceptors (Lipinski definition) is 4. The second-order valence-electron chi connectivity index (χ2n) is 4.22. The Balaban J connectivity index is 2.02. The summed E-state index contributed by atoms with van der Waals surface area (Å²) in [6, 6.07) is 0. The van der Waals surface area contributed by atoms with E-state index in [9.17, 15) is 4.39 Å². The van der Waals surface area contributed by atoms with Crippen LogP contribution in [-0.4, -0.2) is 29.2 Å². The van der Waals surface area contributed by atoms with Crippen molar-refractivity contribution in [1.82, 2.24) is 9.97 Å². The van der Waals surface area contributed by atoms with E-state index in [1.807, 2.05) is 0 Å². The lowest BCUT2D eigenvalue weighted by Crippen LogP contribution is -2.45. The normalized spacial score (nSPS) is 17.9. The van der Waals surface area contributed by atoms with Crippen LogP contribution in [0.2, 0.25) is 0 Å². The second-order valence-corrected chi connectivity index (χ2v) is 4.22. The van der Waals surface area contributed by atoms with Gasteiger partial charge in [0, 0.05) is 13.7 Å². The van der Waals surface area contributed by atoms with Gasteiger partial charge in [0.15, 0.2) is 11.6 Å². The van der Waals surface area contributed by atoms with Crippen molar-refractivity contribution in [2.24, 2.45) is 0 Å². The van der Waals surface area contributed by atoms with Crippen molar-refractivity contribution in [1.29, 1.82) is 0 Å². The highest BCUT2D eigenvalue weighted by atomic mass is 19.1. The zero-order valence-corrected chi connectivity index (χ0v) is 9.59. The third-order valence-corrected chi connectivity index (χ3v) is 3.24. The number of nitrogens with zero attached hydrogens (tertiary/aromatic N) is 2. The molecule has 4 nitrogen and oxygen atoms in total. The Morgan fingerprint density at radius 3 is 2.81 bits per heavy atom. The maximum atomic E-state index is 13.6. The molecule has 0 bridgehead atoms. The molecule has 5 heteroatoms. The Morgan fingerprint density at radius 2 is 2.25 bits per heavy atom. The van der Waals surface area contributed by atoms with Crippen LogP contribution < -0.4 is 5.32 Å². The van der Waals surface area contributed by atoms with Crippen molar-refractivity contribution >= 4 is 5.82 Å². The van der Waals surface area contributed by atoms with Gasteiger partial charge in [0.05, 0.1) is 11.3 Å². The Labute approximate surface area is 94.2 Å². The number of methoxy groups -OCH3 is 1. The molecule has 0 aromatic carbocycles. The first-order chi connectivity index (χ1) is 7.67. The standard InChI is InChI=1S/C11H16FN3O/c1-8-9(12)10(15-7-14-8)13-6-11(16-2)4-3-5-11/h7H,3-6H2,1-2H3,(H,13,14,15). The zero-order chi connectivity index (χ0) is 11.6. The molecule has 1 aliphatic rings. The molecule has 1 aromatic heterocycles. The molecule has 1 N–H and O–H groups in total. The Hall–Kier alpha value is -1.23. The van der Waals surface area contributed by atoms with E-state index in [0.29, 0.717) is 12.2 Å². The first-order valence-corrected chi connectivity index (χ1v) is 5.43. The molecule has 2 rings (SSSR count). The Morgan fingerprint density at radius 1 is 1.50 bits per heavy atom. The van der Waals surface area contributed by atoms with Gasteiger partial charge in [-0.05, 0) is 26.2 Å². The van der Waals surface area contributed by atoms with Crippen molar-refractivity contribution in [3.63, 3.8) is 0 Å². The van der Waals surface area contributed by atoms with Crippen molar-refractivity contribution in [2.75, 3.05) is 19.0 Å². The van der Waals surface area contributed by atoms with Crippen molar-refractivity contribution in [2.45, 2.75) is 31.8 Å². The van der Waals surface area contributed by atoms with Gasteiger partial charge in [0.2, 0.25) is 0 Å². The molecule has 1 heterocycles. The molecular formula is C11H16FN3O. The van der Waals surface area contributed by atoms with Gasteiger partial charge in [-0.15, -0.1) is 0 Å². The summed E-state index contributed by atoms with van der Waals surface area (Å²) < 4.78 is 19.0. The summed E-state index contributed by atoms with van der Waals surface area (Å²) >= 11 is 0. The van der Waals surface area contributed by atoms with Crippen molar-refractivity contribution < 1.29 is 9.13 Å². The van der Waals surface area contributed by atoms with E-state index in [2.05, 4.69) is 15.3 Å². The monoisotopic (exact) mass is 225 g/mol. The number of anilines is 1. The summed E-state index contributed by atoms with van der Waals surface area (Å²) in [4.78, 5) is 7.66. The number of aromatic nitrogens is 2. The van der Waals surface area contributed by atoms with Gasteiger partial charge in [-0.1, -0.05) is 0 Å². The predicted molar refractivity (Wildman–Crippen MR) is 58.8 cm³/mol. The molecule has 16 heavy (non-hydrogen) atoms. The quantitative estimate of drug-likeness (QED) is 0.850. The van der Waals surface area contributed by atoms with Crippen molar-refractivity contribution in [3.05, 3.63) is 17.8 Å². The number of nitrogens with one attached hydrogen (secondary N) is 1. The van der Waals surface area contributed by atoms with E-state index < -0.39 is 0 Å². The summed E-state index contributed by atoms with van der Waals surface area (Å²) in [6.45, 7) is 2.22. The molecule has 0 radical (unpaired) electrons. The van der Waals surface area contributed by atoms with Gasteiger partial charge in [-0.2, -0.15) is 0 Å². The van der Waals surface area contributed by atoms with E-state index >= 15 is 0 Å². The Kier molecular flexibility index (Phi) is 3.05. The summed E-state index contributed by atoms with van der Waals surface area (Å²) in [5, 5.41) is 3.00.